The Labute approximate surface area is 125 Å². The molecule has 0 unspecified atom stereocenters. The quantitative estimate of drug-likeness (QED) is 0.782. The lowest BCUT2D eigenvalue weighted by Gasteiger charge is -2.04. The standard InChI is InChI=1S/C15H23N5O/c1-2-7-20-14(4-3-8-19-9-6-16-12-19)17-15(18-20)13-5-10-21-11-13/h6,9,12-13H,2-5,7-8,10-11H2,1H3/t13-/m0/s1. The van der Waals surface area contributed by atoms with Crippen LogP contribution in [0.5, 0.6) is 0 Å². The zero-order valence-electron chi connectivity index (χ0n) is 12.6. The predicted molar refractivity (Wildman–Crippen MR) is 79.0 cm³/mol. The molecule has 0 bridgehead atoms. The fraction of sp³-hybridized carbons (Fsp3) is 0.667. The van der Waals surface area contributed by atoms with Crippen LogP contribution in [-0.4, -0.2) is 37.5 Å². The molecule has 0 amide bonds. The van der Waals surface area contributed by atoms with Crippen LogP contribution >= 0.6 is 0 Å². The molecule has 1 atom stereocenters. The van der Waals surface area contributed by atoms with Gasteiger partial charge >= 0.3 is 0 Å². The van der Waals surface area contributed by atoms with Crippen molar-refractivity contribution in [3.8, 4) is 0 Å². The molecule has 0 saturated carbocycles. The minimum Gasteiger partial charge on any atom is -0.381 e. The Balaban J connectivity index is 1.64. The van der Waals surface area contributed by atoms with Gasteiger partial charge in [-0.1, -0.05) is 6.92 Å². The zero-order valence-corrected chi connectivity index (χ0v) is 12.6. The third-order valence-corrected chi connectivity index (χ3v) is 3.87. The molecule has 0 radical (unpaired) electrons. The fourth-order valence-corrected chi connectivity index (χ4v) is 2.72. The minimum absolute atomic E-state index is 0.385. The fourth-order valence-electron chi connectivity index (χ4n) is 2.72. The van der Waals surface area contributed by atoms with E-state index < -0.39 is 0 Å². The van der Waals surface area contributed by atoms with Crippen LogP contribution in [-0.2, 0) is 24.2 Å². The first kappa shape index (κ1) is 14.3. The number of imidazole rings is 1. The molecule has 0 aliphatic carbocycles. The molecule has 1 aliphatic rings. The van der Waals surface area contributed by atoms with Gasteiger partial charge in [-0.15, -0.1) is 0 Å². The molecule has 3 heterocycles. The molecule has 2 aromatic heterocycles. The molecular formula is C15H23N5O. The molecule has 21 heavy (non-hydrogen) atoms. The summed E-state index contributed by atoms with van der Waals surface area (Å²) >= 11 is 0. The lowest BCUT2D eigenvalue weighted by molar-refractivity contribution is 0.193. The van der Waals surface area contributed by atoms with Gasteiger partial charge in [0.25, 0.3) is 0 Å². The highest BCUT2D eigenvalue weighted by molar-refractivity contribution is 5.01. The number of hydrogen-bond donors (Lipinski definition) is 0. The second kappa shape index (κ2) is 6.85. The predicted octanol–water partition coefficient (Wildman–Crippen LogP) is 2.02. The maximum atomic E-state index is 5.45. The van der Waals surface area contributed by atoms with Gasteiger partial charge < -0.3 is 9.30 Å². The molecular weight excluding hydrogens is 266 g/mol. The van der Waals surface area contributed by atoms with Crippen LogP contribution in [0.1, 0.15) is 43.8 Å². The Kier molecular flexibility index (Phi) is 4.65. The summed E-state index contributed by atoms with van der Waals surface area (Å²) in [5.41, 5.74) is 0. The molecule has 0 spiro atoms. The van der Waals surface area contributed by atoms with E-state index in [-0.39, 0.29) is 0 Å². The van der Waals surface area contributed by atoms with E-state index in [4.69, 9.17) is 14.8 Å². The van der Waals surface area contributed by atoms with Crippen LogP contribution < -0.4 is 0 Å². The van der Waals surface area contributed by atoms with Gasteiger partial charge in [0.15, 0.2) is 5.82 Å². The minimum atomic E-state index is 0.385. The van der Waals surface area contributed by atoms with Crippen molar-refractivity contribution in [1.82, 2.24) is 24.3 Å². The zero-order chi connectivity index (χ0) is 14.5. The summed E-state index contributed by atoms with van der Waals surface area (Å²) in [6.07, 6.45) is 9.81. The largest absolute Gasteiger partial charge is 0.381 e. The van der Waals surface area contributed by atoms with E-state index in [2.05, 4.69) is 21.2 Å². The highest BCUT2D eigenvalue weighted by Gasteiger charge is 2.23. The van der Waals surface area contributed by atoms with Gasteiger partial charge in [0.1, 0.15) is 5.82 Å². The Bertz CT molecular complexity index is 542. The average Bonchev–Trinajstić information content (AvgIpc) is 3.20. The Hall–Kier alpha value is -1.69. The number of hydrogen-bond acceptors (Lipinski definition) is 4. The normalized spacial score (nSPS) is 18.4. The van der Waals surface area contributed by atoms with Gasteiger partial charge in [0, 0.05) is 44.4 Å². The summed E-state index contributed by atoms with van der Waals surface area (Å²) in [5.74, 6) is 2.47. The lowest BCUT2D eigenvalue weighted by atomic mass is 10.1. The molecule has 6 nitrogen and oxygen atoms in total. The summed E-state index contributed by atoms with van der Waals surface area (Å²) in [4.78, 5) is 8.84. The number of ether oxygens (including phenoxy) is 1. The first-order valence-electron chi connectivity index (χ1n) is 7.84. The highest BCUT2D eigenvalue weighted by Crippen LogP contribution is 2.22. The third-order valence-electron chi connectivity index (χ3n) is 3.87. The number of rotatable bonds is 7. The van der Waals surface area contributed by atoms with Crippen LogP contribution in [0.2, 0.25) is 0 Å². The van der Waals surface area contributed by atoms with E-state index in [0.717, 1.165) is 63.6 Å². The summed E-state index contributed by atoms with van der Waals surface area (Å²) in [7, 11) is 0. The van der Waals surface area contributed by atoms with E-state index in [1.54, 1.807) is 0 Å². The van der Waals surface area contributed by atoms with Crippen LogP contribution in [0.3, 0.4) is 0 Å². The lowest BCUT2D eigenvalue weighted by Crippen LogP contribution is -2.07. The van der Waals surface area contributed by atoms with Crippen LogP contribution in [0.15, 0.2) is 18.7 Å². The number of aromatic nitrogens is 5. The Morgan fingerprint density at radius 3 is 3.05 bits per heavy atom. The van der Waals surface area contributed by atoms with Gasteiger partial charge in [-0.2, -0.15) is 5.10 Å². The highest BCUT2D eigenvalue weighted by atomic mass is 16.5. The molecule has 0 aromatic carbocycles. The summed E-state index contributed by atoms with van der Waals surface area (Å²) in [5, 5.41) is 4.70. The van der Waals surface area contributed by atoms with Crippen molar-refractivity contribution >= 4 is 0 Å². The smallest absolute Gasteiger partial charge is 0.156 e. The molecule has 1 saturated heterocycles. The summed E-state index contributed by atoms with van der Waals surface area (Å²) in [6, 6.07) is 0. The molecule has 1 aliphatic heterocycles. The van der Waals surface area contributed by atoms with Crippen LogP contribution in [0.4, 0.5) is 0 Å². The van der Waals surface area contributed by atoms with Gasteiger partial charge in [-0.05, 0) is 19.3 Å². The maximum absolute atomic E-state index is 5.45. The van der Waals surface area contributed by atoms with E-state index in [1.807, 2.05) is 18.7 Å². The van der Waals surface area contributed by atoms with E-state index in [1.165, 1.54) is 0 Å². The van der Waals surface area contributed by atoms with Crippen LogP contribution in [0, 0.1) is 0 Å². The topological polar surface area (TPSA) is 57.8 Å². The van der Waals surface area contributed by atoms with Crippen molar-refractivity contribution in [1.29, 1.82) is 0 Å². The number of aryl methyl sites for hydroxylation is 3. The number of nitrogens with zero attached hydrogens (tertiary/aromatic N) is 5. The maximum Gasteiger partial charge on any atom is 0.156 e. The SMILES string of the molecule is CCCn1nc([C@H]2CCOC2)nc1CCCn1ccnc1. The van der Waals surface area contributed by atoms with Crippen molar-refractivity contribution in [2.45, 2.75) is 51.6 Å². The van der Waals surface area contributed by atoms with E-state index in [9.17, 15) is 0 Å². The van der Waals surface area contributed by atoms with Gasteiger partial charge in [0.05, 0.1) is 12.9 Å². The van der Waals surface area contributed by atoms with E-state index in [0.29, 0.717) is 5.92 Å². The van der Waals surface area contributed by atoms with Crippen molar-refractivity contribution in [2.75, 3.05) is 13.2 Å². The first-order valence-corrected chi connectivity index (χ1v) is 7.84. The molecule has 2 aromatic rings. The van der Waals surface area contributed by atoms with Crippen molar-refractivity contribution in [3.05, 3.63) is 30.4 Å². The Morgan fingerprint density at radius 2 is 2.33 bits per heavy atom. The van der Waals surface area contributed by atoms with E-state index >= 15 is 0 Å². The second-order valence-corrected chi connectivity index (χ2v) is 5.57. The first-order chi connectivity index (χ1) is 10.4. The van der Waals surface area contributed by atoms with Crippen LogP contribution in [0.25, 0.3) is 0 Å². The average molecular weight is 289 g/mol. The third kappa shape index (κ3) is 3.50. The molecule has 0 N–H and O–H groups in total. The van der Waals surface area contributed by atoms with Gasteiger partial charge in [0.2, 0.25) is 0 Å². The van der Waals surface area contributed by atoms with Crippen molar-refractivity contribution in [2.24, 2.45) is 0 Å². The molecule has 1 fully saturated rings. The molecule has 114 valence electrons. The second-order valence-electron chi connectivity index (χ2n) is 5.57. The van der Waals surface area contributed by atoms with Gasteiger partial charge in [-0.3, -0.25) is 0 Å². The Morgan fingerprint density at radius 1 is 1.38 bits per heavy atom. The monoisotopic (exact) mass is 289 g/mol. The molecule has 6 heteroatoms. The van der Waals surface area contributed by atoms with Gasteiger partial charge in [-0.25, -0.2) is 14.6 Å². The summed E-state index contributed by atoms with van der Waals surface area (Å²) < 4.78 is 9.64. The molecule has 3 rings (SSSR count). The summed E-state index contributed by atoms with van der Waals surface area (Å²) in [6.45, 7) is 5.70. The van der Waals surface area contributed by atoms with Crippen molar-refractivity contribution < 1.29 is 4.74 Å². The van der Waals surface area contributed by atoms with Crippen molar-refractivity contribution in [3.63, 3.8) is 0 Å².